The molecule has 1 aromatic heterocycles. The van der Waals surface area contributed by atoms with Gasteiger partial charge in [0.05, 0.1) is 18.1 Å². The van der Waals surface area contributed by atoms with Gasteiger partial charge >= 0.3 is 0 Å². The van der Waals surface area contributed by atoms with E-state index in [1.165, 1.54) is 16.9 Å². The molecule has 0 atom stereocenters. The minimum Gasteiger partial charge on any atom is -0.376 e. The van der Waals surface area contributed by atoms with Crippen molar-refractivity contribution in [2.75, 3.05) is 33.3 Å². The molecule has 2 aliphatic rings. The first-order valence-corrected chi connectivity index (χ1v) is 8.73. The molecule has 0 spiro atoms. The highest BCUT2D eigenvalue weighted by atomic mass is 32.1. The van der Waals surface area contributed by atoms with Crippen molar-refractivity contribution in [3.8, 4) is 0 Å². The largest absolute Gasteiger partial charge is 0.376 e. The number of rotatable bonds is 4. The van der Waals surface area contributed by atoms with Crippen LogP contribution in [-0.2, 0) is 17.8 Å². The van der Waals surface area contributed by atoms with E-state index >= 15 is 0 Å². The normalized spacial score (nSPS) is 19.6. The second kappa shape index (κ2) is 6.90. The molecule has 0 aliphatic carbocycles. The van der Waals surface area contributed by atoms with Crippen LogP contribution in [0, 0.1) is 5.92 Å². The van der Waals surface area contributed by atoms with Gasteiger partial charge in [0.2, 0.25) is 0 Å². The third kappa shape index (κ3) is 3.47. The van der Waals surface area contributed by atoms with Crippen molar-refractivity contribution in [3.05, 3.63) is 21.4 Å². The summed E-state index contributed by atoms with van der Waals surface area (Å²) in [6, 6.07) is 2.05. The molecular formula is C16H24N2O2S. The van der Waals surface area contributed by atoms with Crippen LogP contribution in [0.2, 0.25) is 0 Å². The van der Waals surface area contributed by atoms with E-state index in [0.29, 0.717) is 6.61 Å². The number of carbonyl (C=O) groups excluding carboxylic acids is 1. The number of hydrogen-bond acceptors (Lipinski definition) is 4. The van der Waals surface area contributed by atoms with Gasteiger partial charge in [0.15, 0.2) is 0 Å². The highest BCUT2D eigenvalue weighted by Gasteiger charge is 2.25. The molecule has 1 saturated heterocycles. The van der Waals surface area contributed by atoms with E-state index in [9.17, 15) is 4.79 Å². The zero-order valence-electron chi connectivity index (χ0n) is 12.7. The highest BCUT2D eigenvalue weighted by Crippen LogP contribution is 2.29. The molecule has 5 heteroatoms. The van der Waals surface area contributed by atoms with Crippen molar-refractivity contribution in [1.29, 1.82) is 0 Å². The third-order valence-corrected chi connectivity index (χ3v) is 5.77. The van der Waals surface area contributed by atoms with E-state index in [-0.39, 0.29) is 5.91 Å². The molecule has 1 fully saturated rings. The van der Waals surface area contributed by atoms with Crippen LogP contribution in [0.3, 0.4) is 0 Å². The SMILES string of the molecule is CNCCC1CCN(C(=O)c2cc3c(s2)CCOC3)CC1. The summed E-state index contributed by atoms with van der Waals surface area (Å²) in [5, 5.41) is 3.21. The number of nitrogens with one attached hydrogen (secondary N) is 1. The minimum atomic E-state index is 0.224. The van der Waals surface area contributed by atoms with Crippen LogP contribution in [0.4, 0.5) is 0 Å². The maximum absolute atomic E-state index is 12.6. The van der Waals surface area contributed by atoms with Crippen molar-refractivity contribution >= 4 is 17.2 Å². The van der Waals surface area contributed by atoms with Crippen LogP contribution in [-0.4, -0.2) is 44.1 Å². The molecule has 3 rings (SSSR count). The second-order valence-corrected chi connectivity index (χ2v) is 7.13. The van der Waals surface area contributed by atoms with E-state index in [4.69, 9.17) is 4.74 Å². The molecule has 4 nitrogen and oxygen atoms in total. The predicted molar refractivity (Wildman–Crippen MR) is 84.9 cm³/mol. The Bertz CT molecular complexity index is 469. The van der Waals surface area contributed by atoms with Gasteiger partial charge in [-0.2, -0.15) is 0 Å². The zero-order chi connectivity index (χ0) is 14.7. The summed E-state index contributed by atoms with van der Waals surface area (Å²) >= 11 is 1.67. The van der Waals surface area contributed by atoms with Crippen molar-refractivity contribution in [2.24, 2.45) is 5.92 Å². The average Bonchev–Trinajstić information content (AvgIpc) is 2.96. The Kier molecular flexibility index (Phi) is 4.93. The molecule has 21 heavy (non-hydrogen) atoms. The van der Waals surface area contributed by atoms with Gasteiger partial charge in [-0.15, -0.1) is 11.3 Å². The van der Waals surface area contributed by atoms with Crippen LogP contribution in [0.1, 0.15) is 39.4 Å². The van der Waals surface area contributed by atoms with E-state index in [0.717, 1.165) is 56.3 Å². The van der Waals surface area contributed by atoms with E-state index in [2.05, 4.69) is 11.4 Å². The lowest BCUT2D eigenvalue weighted by molar-refractivity contribution is 0.0692. The van der Waals surface area contributed by atoms with Gasteiger partial charge in [0, 0.05) is 24.4 Å². The average molecular weight is 308 g/mol. The van der Waals surface area contributed by atoms with Crippen LogP contribution in [0.5, 0.6) is 0 Å². The lowest BCUT2D eigenvalue weighted by Gasteiger charge is -2.31. The maximum atomic E-state index is 12.6. The number of thiophene rings is 1. The highest BCUT2D eigenvalue weighted by molar-refractivity contribution is 7.14. The zero-order valence-corrected chi connectivity index (χ0v) is 13.5. The first-order valence-electron chi connectivity index (χ1n) is 7.91. The Hall–Kier alpha value is -0.910. The van der Waals surface area contributed by atoms with Crippen LogP contribution >= 0.6 is 11.3 Å². The standard InChI is InChI=1S/C16H24N2O2S/c1-17-6-2-12-3-7-18(8-4-12)16(19)15-10-13-11-20-9-5-14(13)21-15/h10,12,17H,2-9,11H2,1H3. The Morgan fingerprint density at radius 1 is 1.48 bits per heavy atom. The number of amides is 1. The van der Waals surface area contributed by atoms with Gasteiger partial charge in [0.1, 0.15) is 0 Å². The fourth-order valence-corrected chi connectivity index (χ4v) is 4.30. The first kappa shape index (κ1) is 15.0. The van der Waals surface area contributed by atoms with Gasteiger partial charge in [-0.3, -0.25) is 4.79 Å². The summed E-state index contributed by atoms with van der Waals surface area (Å²) in [6.45, 7) is 4.36. The fourth-order valence-electron chi connectivity index (χ4n) is 3.18. The summed E-state index contributed by atoms with van der Waals surface area (Å²) in [5.74, 6) is 0.993. The predicted octanol–water partition coefficient (Wildman–Crippen LogP) is 2.28. The molecule has 1 N–H and O–H groups in total. The molecule has 0 saturated carbocycles. The topological polar surface area (TPSA) is 41.6 Å². The number of nitrogens with zero attached hydrogens (tertiary/aromatic N) is 1. The van der Waals surface area contributed by atoms with Crippen LogP contribution < -0.4 is 5.32 Å². The van der Waals surface area contributed by atoms with E-state index in [1.54, 1.807) is 11.3 Å². The molecule has 2 aliphatic heterocycles. The van der Waals surface area contributed by atoms with Crippen molar-refractivity contribution in [1.82, 2.24) is 10.2 Å². The van der Waals surface area contributed by atoms with Gasteiger partial charge < -0.3 is 15.0 Å². The number of piperidine rings is 1. The summed E-state index contributed by atoms with van der Waals surface area (Å²) in [6.07, 6.45) is 4.46. The molecule has 0 aromatic carbocycles. The lowest BCUT2D eigenvalue weighted by Crippen LogP contribution is -2.38. The number of carbonyl (C=O) groups is 1. The Morgan fingerprint density at radius 2 is 2.29 bits per heavy atom. The molecule has 0 radical (unpaired) electrons. The Balaban J connectivity index is 1.57. The van der Waals surface area contributed by atoms with E-state index < -0.39 is 0 Å². The van der Waals surface area contributed by atoms with Crippen molar-refractivity contribution < 1.29 is 9.53 Å². The molecule has 0 bridgehead atoms. The third-order valence-electron chi connectivity index (χ3n) is 4.54. The quantitative estimate of drug-likeness (QED) is 0.928. The lowest BCUT2D eigenvalue weighted by atomic mass is 9.93. The molecule has 116 valence electrons. The molecule has 1 aromatic rings. The molecule has 0 unspecified atom stereocenters. The first-order chi connectivity index (χ1) is 10.3. The van der Waals surface area contributed by atoms with Gasteiger partial charge in [-0.05, 0) is 50.4 Å². The molecule has 1 amide bonds. The van der Waals surface area contributed by atoms with Gasteiger partial charge in [-0.1, -0.05) is 0 Å². The number of ether oxygens (including phenoxy) is 1. The summed E-state index contributed by atoms with van der Waals surface area (Å²) in [5.41, 5.74) is 1.22. The smallest absolute Gasteiger partial charge is 0.263 e. The van der Waals surface area contributed by atoms with E-state index in [1.807, 2.05) is 11.9 Å². The monoisotopic (exact) mass is 308 g/mol. The number of hydrogen-bond donors (Lipinski definition) is 1. The maximum Gasteiger partial charge on any atom is 0.263 e. The molecular weight excluding hydrogens is 284 g/mol. The number of likely N-dealkylation sites (tertiary alicyclic amines) is 1. The fraction of sp³-hybridized carbons (Fsp3) is 0.688. The van der Waals surface area contributed by atoms with Crippen molar-refractivity contribution in [2.45, 2.75) is 32.3 Å². The Morgan fingerprint density at radius 3 is 3.00 bits per heavy atom. The van der Waals surface area contributed by atoms with Crippen LogP contribution in [0.25, 0.3) is 0 Å². The summed E-state index contributed by atoms with van der Waals surface area (Å²) < 4.78 is 5.46. The second-order valence-electron chi connectivity index (χ2n) is 5.99. The number of fused-ring (bicyclic) bond motifs is 1. The summed E-state index contributed by atoms with van der Waals surface area (Å²) in [4.78, 5) is 16.9. The Labute approximate surface area is 130 Å². The van der Waals surface area contributed by atoms with Gasteiger partial charge in [0.25, 0.3) is 5.91 Å². The van der Waals surface area contributed by atoms with Crippen molar-refractivity contribution in [3.63, 3.8) is 0 Å². The molecule has 3 heterocycles. The minimum absolute atomic E-state index is 0.224. The summed E-state index contributed by atoms with van der Waals surface area (Å²) in [7, 11) is 2.00. The van der Waals surface area contributed by atoms with Crippen LogP contribution in [0.15, 0.2) is 6.07 Å². The van der Waals surface area contributed by atoms with Gasteiger partial charge in [-0.25, -0.2) is 0 Å².